The molecule has 1 unspecified atom stereocenters. The molecule has 2 saturated heterocycles. The molecule has 1 spiro atoms. The van der Waals surface area contributed by atoms with E-state index in [0.29, 0.717) is 38.4 Å². The van der Waals surface area contributed by atoms with E-state index in [4.69, 9.17) is 4.74 Å². The highest BCUT2D eigenvalue weighted by molar-refractivity contribution is 7.89. The van der Waals surface area contributed by atoms with Crippen LogP contribution in [0.5, 0.6) is 0 Å². The molecule has 2 amide bonds. The van der Waals surface area contributed by atoms with Crippen LogP contribution < -0.4 is 10.0 Å². The van der Waals surface area contributed by atoms with Gasteiger partial charge in [-0.05, 0) is 68.7 Å². The molecule has 1 saturated carbocycles. The molecular weight excluding hydrogens is 516 g/mol. The summed E-state index contributed by atoms with van der Waals surface area (Å²) in [6.07, 6.45) is 8.97. The molecule has 1 aromatic heterocycles. The van der Waals surface area contributed by atoms with E-state index in [-0.39, 0.29) is 40.1 Å². The fourth-order valence-electron chi connectivity index (χ4n) is 6.94. The molecule has 1 aromatic carbocycles. The lowest BCUT2D eigenvalue weighted by molar-refractivity contribution is -0.153. The molecule has 3 N–H and O–H groups in total. The molecule has 2 aromatic rings. The number of fused-ring (bicyclic) bond motifs is 1. The summed E-state index contributed by atoms with van der Waals surface area (Å²) in [6, 6.07) is 6.14. The molecule has 9 nitrogen and oxygen atoms in total. The van der Waals surface area contributed by atoms with Crippen LogP contribution in [0.2, 0.25) is 0 Å². The van der Waals surface area contributed by atoms with Crippen molar-refractivity contribution < 1.29 is 22.7 Å². The molecule has 4 aliphatic rings. The third-order valence-electron chi connectivity index (χ3n) is 9.28. The maximum absolute atomic E-state index is 13.7. The predicted molar refractivity (Wildman–Crippen MR) is 146 cm³/mol. The number of sulfonamides is 1. The lowest BCUT2D eigenvalue weighted by Crippen LogP contribution is -2.67. The first-order chi connectivity index (χ1) is 18.8. The lowest BCUT2D eigenvalue weighted by Gasteiger charge is -2.55. The van der Waals surface area contributed by atoms with Gasteiger partial charge in [-0.2, -0.15) is 0 Å². The number of nitrogens with one attached hydrogen (secondary N) is 3. The van der Waals surface area contributed by atoms with Gasteiger partial charge in [0.05, 0.1) is 17.4 Å². The van der Waals surface area contributed by atoms with Gasteiger partial charge in [0.1, 0.15) is 5.69 Å². The summed E-state index contributed by atoms with van der Waals surface area (Å²) in [4.78, 5) is 32.2. The molecule has 210 valence electrons. The van der Waals surface area contributed by atoms with E-state index in [9.17, 15) is 18.0 Å². The van der Waals surface area contributed by atoms with E-state index in [2.05, 4.69) is 15.0 Å². The number of nitrogens with zero attached hydrogens (tertiary/aromatic N) is 1. The van der Waals surface area contributed by atoms with Crippen molar-refractivity contribution in [1.29, 1.82) is 0 Å². The second kappa shape index (κ2) is 10.4. The Morgan fingerprint density at radius 2 is 1.79 bits per heavy atom. The van der Waals surface area contributed by atoms with Gasteiger partial charge in [-0.1, -0.05) is 30.5 Å². The van der Waals surface area contributed by atoms with Crippen LogP contribution in [0.15, 0.2) is 35.4 Å². The van der Waals surface area contributed by atoms with Gasteiger partial charge in [-0.3, -0.25) is 9.59 Å². The summed E-state index contributed by atoms with van der Waals surface area (Å²) in [5.74, 6) is -0.456. The molecule has 39 heavy (non-hydrogen) atoms. The third-order valence-corrected chi connectivity index (χ3v) is 10.8. The number of benzene rings is 1. The van der Waals surface area contributed by atoms with E-state index >= 15 is 0 Å². The van der Waals surface area contributed by atoms with Crippen LogP contribution in [-0.2, 0) is 32.4 Å². The van der Waals surface area contributed by atoms with Crippen molar-refractivity contribution in [1.82, 2.24) is 19.9 Å². The minimum absolute atomic E-state index is 0.0206. The Labute approximate surface area is 230 Å². The van der Waals surface area contributed by atoms with E-state index in [1.165, 1.54) is 5.56 Å². The van der Waals surface area contributed by atoms with E-state index in [0.717, 1.165) is 56.1 Å². The monoisotopic (exact) mass is 554 g/mol. The molecule has 10 heteroatoms. The van der Waals surface area contributed by atoms with Gasteiger partial charge < -0.3 is 19.9 Å². The number of aryl methyl sites for hydroxylation is 2. The number of likely N-dealkylation sites (tertiary alicyclic amines) is 1. The summed E-state index contributed by atoms with van der Waals surface area (Å²) in [5.41, 5.74) is 3.79. The maximum Gasteiger partial charge on any atom is 0.270 e. The average molecular weight is 555 g/mol. The number of hydrogen-bond acceptors (Lipinski definition) is 5. The van der Waals surface area contributed by atoms with Crippen LogP contribution in [0, 0.1) is 18.3 Å². The zero-order chi connectivity index (χ0) is 27.2. The largest absolute Gasteiger partial charge is 0.381 e. The second-order valence-electron chi connectivity index (χ2n) is 11.9. The van der Waals surface area contributed by atoms with Gasteiger partial charge in [-0.25, -0.2) is 13.1 Å². The fourth-order valence-corrected chi connectivity index (χ4v) is 8.25. The first kappa shape index (κ1) is 26.5. The minimum Gasteiger partial charge on any atom is -0.381 e. The molecule has 0 bridgehead atoms. The molecule has 2 aliphatic carbocycles. The molecule has 0 radical (unpaired) electrons. The predicted octanol–water partition coefficient (Wildman–Crippen LogP) is 2.70. The summed E-state index contributed by atoms with van der Waals surface area (Å²) in [6.45, 7) is 3.89. The topological polar surface area (TPSA) is 121 Å². The highest BCUT2D eigenvalue weighted by atomic mass is 32.2. The molecule has 3 heterocycles. The number of rotatable bonds is 6. The van der Waals surface area contributed by atoms with Crippen molar-refractivity contribution in [3.05, 3.63) is 52.8 Å². The first-order valence-electron chi connectivity index (χ1n) is 14.2. The van der Waals surface area contributed by atoms with Gasteiger partial charge in [0.15, 0.2) is 0 Å². The number of aromatic amines is 1. The van der Waals surface area contributed by atoms with Crippen LogP contribution in [0.1, 0.15) is 65.7 Å². The molecule has 3 atom stereocenters. The van der Waals surface area contributed by atoms with Gasteiger partial charge in [-0.15, -0.1) is 0 Å². The maximum atomic E-state index is 13.7. The van der Waals surface area contributed by atoms with Crippen molar-refractivity contribution in [2.75, 3.05) is 26.3 Å². The number of amides is 2. The van der Waals surface area contributed by atoms with Gasteiger partial charge >= 0.3 is 0 Å². The number of aromatic nitrogens is 1. The quantitative estimate of drug-likeness (QED) is 0.507. The Bertz CT molecular complexity index is 1350. The van der Waals surface area contributed by atoms with Crippen molar-refractivity contribution in [2.24, 2.45) is 11.3 Å². The highest BCUT2D eigenvalue weighted by Crippen LogP contribution is 2.45. The zero-order valence-electron chi connectivity index (χ0n) is 22.5. The smallest absolute Gasteiger partial charge is 0.270 e. The van der Waals surface area contributed by atoms with Crippen molar-refractivity contribution in [3.8, 4) is 0 Å². The molecular formula is C29H38N4O5S. The Hall–Kier alpha value is -2.69. The highest BCUT2D eigenvalue weighted by Gasteiger charge is 2.55. The van der Waals surface area contributed by atoms with Gasteiger partial charge in [0, 0.05) is 43.4 Å². The Balaban J connectivity index is 1.12. The van der Waals surface area contributed by atoms with Crippen LogP contribution in [0.25, 0.3) is 0 Å². The van der Waals surface area contributed by atoms with Gasteiger partial charge in [0.2, 0.25) is 15.9 Å². The normalized spacial score (nSPS) is 26.2. The van der Waals surface area contributed by atoms with Crippen molar-refractivity contribution in [2.45, 2.75) is 75.3 Å². The van der Waals surface area contributed by atoms with Crippen molar-refractivity contribution >= 4 is 21.8 Å². The average Bonchev–Trinajstić information content (AvgIpc) is 3.52. The fraction of sp³-hybridized carbons (Fsp3) is 0.586. The standard InChI is InChI=1S/C29H38N4O5S/c1-19-9-11-21(12-10-19)39(36,37)32-25-8-3-2-7-24(25)31-27(34)23-16-38-14-13-29(23)17-33(18-29)28(35)26-22-6-4-5-20(22)15-30-26/h9-12,15,23-25,30,32H,2-8,13-14,16-18H2,1H3,(H,31,34)/t23?,24-,25-/m0/s1. The number of ether oxygens (including phenoxy) is 1. The zero-order valence-corrected chi connectivity index (χ0v) is 23.3. The SMILES string of the molecule is Cc1ccc(S(=O)(=O)N[C@H]2CCCC[C@@H]2NC(=O)C2COCCC23CN(C(=O)c2[nH]cc4c2CCC4)C3)cc1. The lowest BCUT2D eigenvalue weighted by atomic mass is 9.65. The summed E-state index contributed by atoms with van der Waals surface area (Å²) >= 11 is 0. The number of carbonyl (C=O) groups is 2. The number of carbonyl (C=O) groups excluding carboxylic acids is 2. The Morgan fingerprint density at radius 1 is 1.05 bits per heavy atom. The molecule has 6 rings (SSSR count). The van der Waals surface area contributed by atoms with Crippen LogP contribution in [0.4, 0.5) is 0 Å². The molecule has 3 fully saturated rings. The summed E-state index contributed by atoms with van der Waals surface area (Å²) in [5, 5.41) is 3.20. The van der Waals surface area contributed by atoms with Crippen LogP contribution in [-0.4, -0.2) is 68.5 Å². The first-order valence-corrected chi connectivity index (χ1v) is 15.7. The number of hydrogen-bond donors (Lipinski definition) is 3. The Morgan fingerprint density at radius 3 is 2.56 bits per heavy atom. The van der Waals surface area contributed by atoms with E-state index < -0.39 is 10.0 Å². The van der Waals surface area contributed by atoms with Crippen LogP contribution in [0.3, 0.4) is 0 Å². The summed E-state index contributed by atoms with van der Waals surface area (Å²) < 4.78 is 34.8. The van der Waals surface area contributed by atoms with Crippen LogP contribution >= 0.6 is 0 Å². The van der Waals surface area contributed by atoms with E-state index in [1.807, 2.05) is 18.0 Å². The summed E-state index contributed by atoms with van der Waals surface area (Å²) in [7, 11) is -3.70. The van der Waals surface area contributed by atoms with Gasteiger partial charge in [0.25, 0.3) is 5.91 Å². The Kier molecular flexibility index (Phi) is 7.05. The second-order valence-corrected chi connectivity index (χ2v) is 13.6. The van der Waals surface area contributed by atoms with Crippen molar-refractivity contribution in [3.63, 3.8) is 0 Å². The van der Waals surface area contributed by atoms with E-state index in [1.54, 1.807) is 24.3 Å². The minimum atomic E-state index is -3.70. The third kappa shape index (κ3) is 5.02. The number of H-pyrrole nitrogens is 1. The molecule has 2 aliphatic heterocycles.